The minimum Gasteiger partial charge on any atom is -0.336 e. The van der Waals surface area contributed by atoms with E-state index in [1.165, 1.54) is 0 Å². The molecule has 1 unspecified atom stereocenters. The molecule has 5 nitrogen and oxygen atoms in total. The fraction of sp³-hybridized carbons (Fsp3) is 0.263. The number of nitrogens with zero attached hydrogens (tertiary/aromatic N) is 1. The van der Waals surface area contributed by atoms with E-state index >= 15 is 0 Å². The number of benzene rings is 2. The van der Waals surface area contributed by atoms with Gasteiger partial charge in [-0.25, -0.2) is 4.79 Å². The molecule has 1 fully saturated rings. The quantitative estimate of drug-likeness (QED) is 0.909. The van der Waals surface area contributed by atoms with Crippen molar-refractivity contribution in [3.63, 3.8) is 0 Å². The van der Waals surface area contributed by atoms with Crippen molar-refractivity contribution in [3.8, 4) is 0 Å². The molecule has 3 amide bonds. The van der Waals surface area contributed by atoms with Crippen LogP contribution in [0.25, 0.3) is 0 Å². The number of hydrogen-bond acceptors (Lipinski definition) is 2. The Bertz CT molecular complexity index is 730. The van der Waals surface area contributed by atoms with E-state index in [1.807, 2.05) is 61.5 Å². The second-order valence-corrected chi connectivity index (χ2v) is 6.13. The first-order valence-electron chi connectivity index (χ1n) is 8.06. The van der Waals surface area contributed by atoms with Crippen molar-refractivity contribution in [1.82, 2.24) is 10.2 Å². The summed E-state index contributed by atoms with van der Waals surface area (Å²) in [6, 6.07) is 17.0. The Morgan fingerprint density at radius 1 is 1.17 bits per heavy atom. The normalized spacial score (nSPS) is 17.0. The molecule has 0 spiro atoms. The largest absolute Gasteiger partial charge is 0.336 e. The molecule has 124 valence electrons. The third-order valence-electron chi connectivity index (χ3n) is 4.04. The SMILES string of the molecule is Cc1cccc(NC(=O)NC2CC(=O)N(Cc3ccccc3)C2)c1. The lowest BCUT2D eigenvalue weighted by atomic mass is 10.2. The first kappa shape index (κ1) is 16.1. The highest BCUT2D eigenvalue weighted by Gasteiger charge is 2.30. The smallest absolute Gasteiger partial charge is 0.319 e. The number of amides is 3. The monoisotopic (exact) mass is 323 g/mol. The maximum Gasteiger partial charge on any atom is 0.319 e. The zero-order valence-electron chi connectivity index (χ0n) is 13.7. The minimum absolute atomic E-state index is 0.0692. The fourth-order valence-corrected chi connectivity index (χ4v) is 2.90. The van der Waals surface area contributed by atoms with Crippen LogP contribution in [0.1, 0.15) is 17.5 Å². The molecular weight excluding hydrogens is 302 g/mol. The van der Waals surface area contributed by atoms with Gasteiger partial charge in [-0.2, -0.15) is 0 Å². The van der Waals surface area contributed by atoms with Crippen LogP contribution in [0.15, 0.2) is 54.6 Å². The number of likely N-dealkylation sites (tertiary alicyclic amines) is 1. The summed E-state index contributed by atoms with van der Waals surface area (Å²) < 4.78 is 0. The van der Waals surface area contributed by atoms with Crippen molar-refractivity contribution in [2.45, 2.75) is 25.9 Å². The molecular formula is C19H21N3O2. The summed E-state index contributed by atoms with van der Waals surface area (Å²) in [5, 5.41) is 5.69. The molecule has 1 saturated heterocycles. The lowest BCUT2D eigenvalue weighted by molar-refractivity contribution is -0.128. The minimum atomic E-state index is -0.278. The van der Waals surface area contributed by atoms with Crippen LogP contribution < -0.4 is 10.6 Å². The van der Waals surface area contributed by atoms with E-state index in [4.69, 9.17) is 0 Å². The summed E-state index contributed by atoms with van der Waals surface area (Å²) >= 11 is 0. The Balaban J connectivity index is 1.53. The van der Waals surface area contributed by atoms with Crippen LogP contribution in [0.4, 0.5) is 10.5 Å². The molecule has 0 aliphatic carbocycles. The molecule has 2 N–H and O–H groups in total. The molecule has 2 aromatic rings. The highest BCUT2D eigenvalue weighted by Crippen LogP contribution is 2.15. The fourth-order valence-electron chi connectivity index (χ4n) is 2.90. The molecule has 1 aliphatic heterocycles. The van der Waals surface area contributed by atoms with Crippen LogP contribution in [0.3, 0.4) is 0 Å². The van der Waals surface area contributed by atoms with E-state index in [-0.39, 0.29) is 18.0 Å². The van der Waals surface area contributed by atoms with Crippen LogP contribution in [0.5, 0.6) is 0 Å². The summed E-state index contributed by atoms with van der Waals surface area (Å²) in [4.78, 5) is 26.0. The molecule has 2 aromatic carbocycles. The molecule has 1 aliphatic rings. The van der Waals surface area contributed by atoms with Crippen LogP contribution in [-0.2, 0) is 11.3 Å². The third kappa shape index (κ3) is 4.13. The predicted octanol–water partition coefficient (Wildman–Crippen LogP) is 2.92. The van der Waals surface area contributed by atoms with Crippen molar-refractivity contribution in [1.29, 1.82) is 0 Å². The molecule has 1 heterocycles. The summed E-state index contributed by atoms with van der Waals surface area (Å²) in [5.74, 6) is 0.0692. The standard InChI is InChI=1S/C19H21N3O2/c1-14-6-5-9-16(10-14)20-19(24)21-17-11-18(23)22(13-17)12-15-7-3-2-4-8-15/h2-10,17H,11-13H2,1H3,(H2,20,21,24). The second-order valence-electron chi connectivity index (χ2n) is 6.13. The molecule has 0 aromatic heterocycles. The molecule has 24 heavy (non-hydrogen) atoms. The number of carbonyl (C=O) groups is 2. The number of nitrogens with one attached hydrogen (secondary N) is 2. The zero-order valence-corrected chi connectivity index (χ0v) is 13.7. The second kappa shape index (κ2) is 7.17. The van der Waals surface area contributed by atoms with Gasteiger partial charge in [-0.05, 0) is 30.2 Å². The number of aryl methyl sites for hydroxylation is 1. The molecule has 3 rings (SSSR count). The molecule has 0 saturated carbocycles. The van der Waals surface area contributed by atoms with Crippen molar-refractivity contribution in [2.75, 3.05) is 11.9 Å². The Morgan fingerprint density at radius 2 is 1.96 bits per heavy atom. The lowest BCUT2D eigenvalue weighted by Crippen LogP contribution is -2.39. The van der Waals surface area contributed by atoms with Gasteiger partial charge in [-0.3, -0.25) is 4.79 Å². The lowest BCUT2D eigenvalue weighted by Gasteiger charge is -2.17. The van der Waals surface area contributed by atoms with Gasteiger partial charge in [0.1, 0.15) is 0 Å². The van der Waals surface area contributed by atoms with Crippen LogP contribution in [-0.4, -0.2) is 29.4 Å². The number of carbonyl (C=O) groups excluding carboxylic acids is 2. The molecule has 0 bridgehead atoms. The Kier molecular flexibility index (Phi) is 4.79. The van der Waals surface area contributed by atoms with Crippen LogP contribution >= 0.6 is 0 Å². The number of rotatable bonds is 4. The summed E-state index contributed by atoms with van der Waals surface area (Å²) in [6.45, 7) is 3.09. The summed E-state index contributed by atoms with van der Waals surface area (Å²) in [7, 11) is 0. The first-order chi connectivity index (χ1) is 11.6. The van der Waals surface area contributed by atoms with E-state index in [2.05, 4.69) is 10.6 Å². The van der Waals surface area contributed by atoms with Crippen LogP contribution in [0.2, 0.25) is 0 Å². The van der Waals surface area contributed by atoms with E-state index in [1.54, 1.807) is 4.90 Å². The Hall–Kier alpha value is -2.82. The Labute approximate surface area is 141 Å². The van der Waals surface area contributed by atoms with Gasteiger partial charge >= 0.3 is 6.03 Å². The number of hydrogen-bond donors (Lipinski definition) is 2. The summed E-state index contributed by atoms with van der Waals surface area (Å²) in [5.41, 5.74) is 2.92. The third-order valence-corrected chi connectivity index (χ3v) is 4.04. The number of urea groups is 1. The maximum absolute atomic E-state index is 12.1. The van der Waals surface area contributed by atoms with Gasteiger partial charge in [0.25, 0.3) is 0 Å². The van der Waals surface area contributed by atoms with Gasteiger partial charge in [0.2, 0.25) is 5.91 Å². The molecule has 0 radical (unpaired) electrons. The highest BCUT2D eigenvalue weighted by atomic mass is 16.2. The van der Waals surface area contributed by atoms with Crippen LogP contribution in [0, 0.1) is 6.92 Å². The maximum atomic E-state index is 12.1. The van der Waals surface area contributed by atoms with Gasteiger partial charge < -0.3 is 15.5 Å². The average molecular weight is 323 g/mol. The number of anilines is 1. The predicted molar refractivity (Wildman–Crippen MR) is 93.6 cm³/mol. The topological polar surface area (TPSA) is 61.4 Å². The first-order valence-corrected chi connectivity index (χ1v) is 8.06. The van der Waals surface area contributed by atoms with Gasteiger partial charge in [0.15, 0.2) is 0 Å². The average Bonchev–Trinajstić information content (AvgIpc) is 2.87. The van der Waals surface area contributed by atoms with E-state index in [0.717, 1.165) is 16.8 Å². The van der Waals surface area contributed by atoms with Crippen molar-refractivity contribution in [2.24, 2.45) is 0 Å². The van der Waals surface area contributed by atoms with Gasteiger partial charge in [-0.15, -0.1) is 0 Å². The van der Waals surface area contributed by atoms with Gasteiger partial charge in [-0.1, -0.05) is 42.5 Å². The molecule has 1 atom stereocenters. The van der Waals surface area contributed by atoms with Gasteiger partial charge in [0.05, 0.1) is 6.04 Å². The van der Waals surface area contributed by atoms with Crippen molar-refractivity contribution >= 4 is 17.6 Å². The summed E-state index contributed by atoms with van der Waals surface area (Å²) in [6.07, 6.45) is 0.341. The van der Waals surface area contributed by atoms with Gasteiger partial charge in [0, 0.05) is 25.2 Å². The van der Waals surface area contributed by atoms with Crippen molar-refractivity contribution in [3.05, 3.63) is 65.7 Å². The molecule has 5 heteroatoms. The van der Waals surface area contributed by atoms with E-state index < -0.39 is 0 Å². The highest BCUT2D eigenvalue weighted by molar-refractivity contribution is 5.90. The van der Waals surface area contributed by atoms with E-state index in [9.17, 15) is 9.59 Å². The Morgan fingerprint density at radius 3 is 2.71 bits per heavy atom. The zero-order chi connectivity index (χ0) is 16.9. The van der Waals surface area contributed by atoms with Crippen molar-refractivity contribution < 1.29 is 9.59 Å². The van der Waals surface area contributed by atoms with E-state index in [0.29, 0.717) is 19.5 Å².